The van der Waals surface area contributed by atoms with Crippen LogP contribution < -0.4 is 11.5 Å². The highest BCUT2D eigenvalue weighted by Gasteiger charge is 2.56. The lowest BCUT2D eigenvalue weighted by molar-refractivity contribution is -0.140. The SMILES string of the molecule is NC(=O)CC(Cc1cccs1)(Cc1cccs1)C(Cc1cccs1)(Cc1cccs1)C(N)=O. The molecule has 0 unspecified atom stereocenters. The summed E-state index contributed by atoms with van der Waals surface area (Å²) < 4.78 is 0. The van der Waals surface area contributed by atoms with Crippen molar-refractivity contribution in [3.05, 3.63) is 89.6 Å². The molecule has 0 saturated carbocycles. The smallest absolute Gasteiger partial charge is 0.224 e. The van der Waals surface area contributed by atoms with Gasteiger partial charge in [0.25, 0.3) is 0 Å². The molecule has 0 aliphatic heterocycles. The van der Waals surface area contributed by atoms with Gasteiger partial charge in [-0.15, -0.1) is 45.3 Å². The van der Waals surface area contributed by atoms with Crippen LogP contribution in [0.5, 0.6) is 0 Å². The Morgan fingerprint density at radius 3 is 1.27 bits per heavy atom. The second kappa shape index (κ2) is 10.3. The van der Waals surface area contributed by atoms with E-state index in [9.17, 15) is 9.59 Å². The highest BCUT2D eigenvalue weighted by molar-refractivity contribution is 7.10. The zero-order valence-corrected chi connectivity index (χ0v) is 21.3. The summed E-state index contributed by atoms with van der Waals surface area (Å²) in [4.78, 5) is 30.7. The van der Waals surface area contributed by atoms with Crippen LogP contribution in [0.15, 0.2) is 70.1 Å². The van der Waals surface area contributed by atoms with Crippen molar-refractivity contribution in [3.63, 3.8) is 0 Å². The fraction of sp³-hybridized carbons (Fsp3) is 0.280. The maximum absolute atomic E-state index is 13.6. The van der Waals surface area contributed by atoms with Crippen molar-refractivity contribution in [2.24, 2.45) is 22.3 Å². The van der Waals surface area contributed by atoms with Crippen LogP contribution in [0.4, 0.5) is 0 Å². The lowest BCUT2D eigenvalue weighted by Crippen LogP contribution is -2.57. The van der Waals surface area contributed by atoms with Crippen LogP contribution in [0.2, 0.25) is 0 Å². The van der Waals surface area contributed by atoms with Crippen molar-refractivity contribution in [1.82, 2.24) is 0 Å². The third kappa shape index (κ3) is 5.30. The van der Waals surface area contributed by atoms with Crippen LogP contribution in [0.25, 0.3) is 0 Å². The lowest BCUT2D eigenvalue weighted by atomic mass is 9.54. The predicted octanol–water partition coefficient (Wildman–Crippen LogP) is 5.54. The van der Waals surface area contributed by atoms with Crippen LogP contribution in [0, 0.1) is 10.8 Å². The fourth-order valence-electron chi connectivity index (χ4n) is 4.82. The third-order valence-corrected chi connectivity index (χ3v) is 9.80. The highest BCUT2D eigenvalue weighted by Crippen LogP contribution is 2.53. The molecule has 0 aliphatic carbocycles. The van der Waals surface area contributed by atoms with Crippen LogP contribution in [0.1, 0.15) is 25.9 Å². The molecule has 0 atom stereocenters. The first-order valence-corrected chi connectivity index (χ1v) is 14.1. The zero-order chi connectivity index (χ0) is 23.3. The molecule has 0 aliphatic rings. The first kappa shape index (κ1) is 23.9. The number of carbonyl (C=O) groups excluding carboxylic acids is 2. The average Bonchev–Trinajstić information content (AvgIpc) is 3.56. The van der Waals surface area contributed by atoms with Gasteiger partial charge < -0.3 is 11.5 Å². The number of primary amides is 2. The molecule has 0 saturated heterocycles. The molecule has 0 aromatic carbocycles. The Morgan fingerprint density at radius 2 is 1.00 bits per heavy atom. The summed E-state index contributed by atoms with van der Waals surface area (Å²) in [7, 11) is 0. The monoisotopic (exact) mass is 514 g/mol. The Kier molecular flexibility index (Phi) is 7.48. The van der Waals surface area contributed by atoms with Crippen molar-refractivity contribution in [2.75, 3.05) is 0 Å². The molecule has 4 aromatic heterocycles. The van der Waals surface area contributed by atoms with E-state index in [1.54, 1.807) is 45.3 Å². The van der Waals surface area contributed by atoms with Crippen molar-refractivity contribution >= 4 is 57.2 Å². The minimum Gasteiger partial charge on any atom is -0.370 e. The quantitative estimate of drug-likeness (QED) is 0.260. The number of carbonyl (C=O) groups is 2. The summed E-state index contributed by atoms with van der Waals surface area (Å²) in [5.74, 6) is -0.787. The molecule has 0 radical (unpaired) electrons. The Morgan fingerprint density at radius 1 is 0.636 bits per heavy atom. The van der Waals surface area contributed by atoms with Gasteiger partial charge in [-0.2, -0.15) is 0 Å². The van der Waals surface area contributed by atoms with E-state index >= 15 is 0 Å². The summed E-state index contributed by atoms with van der Waals surface area (Å²) in [5, 5.41) is 8.08. The van der Waals surface area contributed by atoms with Crippen molar-refractivity contribution in [1.29, 1.82) is 0 Å². The Balaban J connectivity index is 1.94. The molecule has 8 heteroatoms. The molecule has 33 heavy (non-hydrogen) atoms. The minimum absolute atomic E-state index is 0.0858. The predicted molar refractivity (Wildman–Crippen MR) is 140 cm³/mol. The summed E-state index contributed by atoms with van der Waals surface area (Å²) in [5.41, 5.74) is 10.5. The van der Waals surface area contributed by atoms with Gasteiger partial charge in [-0.25, -0.2) is 0 Å². The van der Waals surface area contributed by atoms with E-state index in [4.69, 9.17) is 11.5 Å². The van der Waals surface area contributed by atoms with E-state index in [0.717, 1.165) is 19.5 Å². The molecule has 2 amide bonds. The Bertz CT molecular complexity index is 1080. The second-order valence-electron chi connectivity index (χ2n) is 8.39. The number of nitrogens with two attached hydrogens (primary N) is 2. The molecule has 172 valence electrons. The molecule has 4 nitrogen and oxygen atoms in total. The van der Waals surface area contributed by atoms with Crippen LogP contribution in [-0.4, -0.2) is 11.8 Å². The number of amides is 2. The molecular formula is C25H26N2O2S4. The fourth-order valence-corrected chi connectivity index (χ4v) is 8.15. The van der Waals surface area contributed by atoms with Gasteiger partial charge in [-0.05, 0) is 71.5 Å². The molecule has 4 N–H and O–H groups in total. The maximum atomic E-state index is 13.6. The molecule has 0 spiro atoms. The highest BCUT2D eigenvalue weighted by atomic mass is 32.1. The summed E-state index contributed by atoms with van der Waals surface area (Å²) >= 11 is 6.51. The van der Waals surface area contributed by atoms with Crippen molar-refractivity contribution in [3.8, 4) is 0 Å². The van der Waals surface area contributed by atoms with Gasteiger partial charge in [0.2, 0.25) is 11.8 Å². The summed E-state index contributed by atoms with van der Waals surface area (Å²) in [6, 6.07) is 16.2. The molecule has 0 bridgehead atoms. The van der Waals surface area contributed by atoms with Crippen molar-refractivity contribution in [2.45, 2.75) is 32.1 Å². The first-order valence-electron chi connectivity index (χ1n) is 10.6. The topological polar surface area (TPSA) is 86.2 Å². The third-order valence-electron chi connectivity index (χ3n) is 6.30. The Hall–Kier alpha value is -2.26. The average molecular weight is 515 g/mol. The van der Waals surface area contributed by atoms with E-state index < -0.39 is 16.7 Å². The summed E-state index contributed by atoms with van der Waals surface area (Å²) in [6.07, 6.45) is 2.16. The number of hydrogen-bond donors (Lipinski definition) is 2. The van der Waals surface area contributed by atoms with E-state index in [1.165, 1.54) is 0 Å². The first-order chi connectivity index (χ1) is 15.9. The molecule has 4 aromatic rings. The lowest BCUT2D eigenvalue weighted by Gasteiger charge is -2.49. The maximum Gasteiger partial charge on any atom is 0.224 e. The van der Waals surface area contributed by atoms with Crippen LogP contribution >= 0.6 is 45.3 Å². The van der Waals surface area contributed by atoms with Crippen LogP contribution in [0.3, 0.4) is 0 Å². The van der Waals surface area contributed by atoms with Gasteiger partial charge in [-0.3, -0.25) is 9.59 Å². The number of thiophene rings is 4. The van der Waals surface area contributed by atoms with Gasteiger partial charge in [0.15, 0.2) is 0 Å². The van der Waals surface area contributed by atoms with Gasteiger partial charge >= 0.3 is 0 Å². The molecule has 4 rings (SSSR count). The van der Waals surface area contributed by atoms with Gasteiger partial charge in [0.05, 0.1) is 5.41 Å². The van der Waals surface area contributed by atoms with Crippen LogP contribution in [-0.2, 0) is 35.3 Å². The van der Waals surface area contributed by atoms with Gasteiger partial charge in [0, 0.05) is 31.3 Å². The van der Waals surface area contributed by atoms with E-state index in [1.807, 2.05) is 57.9 Å². The molecule has 0 fully saturated rings. The standard InChI is InChI=1S/C25H26N2O2S4/c26-22(28)17-24(13-18-5-1-9-30-18,14-19-6-2-10-31-19)25(23(27)29,15-20-7-3-11-32-20)16-21-8-4-12-33-21/h1-12H,13-17H2,(H2,26,28)(H2,27,29). The van der Waals surface area contributed by atoms with Gasteiger partial charge in [-0.1, -0.05) is 24.3 Å². The zero-order valence-electron chi connectivity index (χ0n) is 18.1. The van der Waals surface area contributed by atoms with E-state index in [-0.39, 0.29) is 12.3 Å². The summed E-state index contributed by atoms with van der Waals surface area (Å²) in [6.45, 7) is 0. The number of rotatable bonds is 12. The Labute approximate surface area is 209 Å². The molecular weight excluding hydrogens is 489 g/mol. The minimum atomic E-state index is -0.994. The van der Waals surface area contributed by atoms with Gasteiger partial charge in [0.1, 0.15) is 0 Å². The van der Waals surface area contributed by atoms with Crippen molar-refractivity contribution < 1.29 is 9.59 Å². The number of hydrogen-bond acceptors (Lipinski definition) is 6. The normalized spacial score (nSPS) is 12.1. The molecule has 4 heterocycles. The van der Waals surface area contributed by atoms with E-state index in [2.05, 4.69) is 12.1 Å². The second-order valence-corrected chi connectivity index (χ2v) is 12.5. The van der Waals surface area contributed by atoms with E-state index in [0.29, 0.717) is 25.7 Å². The largest absolute Gasteiger partial charge is 0.370 e.